The number of hydrogen-bond donors (Lipinski definition) is 0. The molecule has 0 fully saturated rings. The van der Waals surface area contributed by atoms with Gasteiger partial charge in [-0.1, -0.05) is 52.4 Å². The van der Waals surface area contributed by atoms with Crippen molar-refractivity contribution in [3.05, 3.63) is 46.2 Å². The van der Waals surface area contributed by atoms with Crippen molar-refractivity contribution in [3.8, 4) is 20.9 Å². The van der Waals surface area contributed by atoms with Gasteiger partial charge in [0.05, 0.1) is 23.5 Å². The van der Waals surface area contributed by atoms with Crippen LogP contribution in [0.4, 0.5) is 0 Å². The Kier molecular flexibility index (Phi) is 8.11. The highest BCUT2D eigenvalue weighted by atomic mass is 32.1. The molecule has 4 aromatic heterocycles. The van der Waals surface area contributed by atoms with Crippen LogP contribution in [-0.4, -0.2) is 17.5 Å². The van der Waals surface area contributed by atoms with Crippen LogP contribution < -0.4 is 0 Å². The van der Waals surface area contributed by atoms with E-state index in [-0.39, 0.29) is 0 Å². The first kappa shape index (κ1) is 26.0. The summed E-state index contributed by atoms with van der Waals surface area (Å²) in [6, 6.07) is 9.28. The van der Waals surface area contributed by atoms with Crippen LogP contribution in [0.2, 0.25) is 0 Å². The van der Waals surface area contributed by atoms with Gasteiger partial charge >= 0.3 is 0 Å². The lowest BCUT2D eigenvalue weighted by Gasteiger charge is -2.08. The van der Waals surface area contributed by atoms with Crippen LogP contribution in [-0.2, 0) is 12.8 Å². The molecule has 4 heterocycles. The second kappa shape index (κ2) is 11.9. The lowest BCUT2D eigenvalue weighted by atomic mass is 9.98. The first-order chi connectivity index (χ1) is 18.8. The molecular formula is C30H32N4S4. The summed E-state index contributed by atoms with van der Waals surface area (Å²) in [5.41, 5.74) is 9.14. The van der Waals surface area contributed by atoms with E-state index < -0.39 is 0 Å². The maximum Gasteiger partial charge on any atom is 0.114 e. The Morgan fingerprint density at radius 1 is 0.526 bits per heavy atom. The molecule has 0 radical (unpaired) electrons. The summed E-state index contributed by atoms with van der Waals surface area (Å²) in [4.78, 5) is 2.53. The van der Waals surface area contributed by atoms with E-state index in [1.54, 1.807) is 0 Å². The number of unbranched alkanes of at least 4 members (excludes halogenated alkanes) is 6. The Balaban J connectivity index is 1.39. The summed E-state index contributed by atoms with van der Waals surface area (Å²) in [5, 5.41) is 6.89. The molecule has 6 aromatic rings. The smallest absolute Gasteiger partial charge is 0.114 e. The molecule has 0 saturated carbocycles. The Morgan fingerprint density at radius 2 is 0.974 bits per heavy atom. The first-order valence-corrected chi connectivity index (χ1v) is 17.0. The minimum Gasteiger partial charge on any atom is -0.172 e. The number of nitrogens with zero attached hydrogens (tertiary/aromatic N) is 4. The van der Waals surface area contributed by atoms with Gasteiger partial charge in [0, 0.05) is 31.7 Å². The van der Waals surface area contributed by atoms with Crippen molar-refractivity contribution in [2.24, 2.45) is 0 Å². The highest BCUT2D eigenvalue weighted by molar-refractivity contribution is 7.14. The van der Waals surface area contributed by atoms with E-state index in [0.717, 1.165) is 45.7 Å². The summed E-state index contributed by atoms with van der Waals surface area (Å²) in [5.74, 6) is 0. The molecule has 0 saturated heterocycles. The molecule has 8 heteroatoms. The molecule has 0 unspecified atom stereocenters. The molecule has 0 spiro atoms. The molecule has 0 amide bonds. The van der Waals surface area contributed by atoms with Crippen LogP contribution in [0.15, 0.2) is 35.0 Å². The second-order valence-corrected chi connectivity index (χ2v) is 13.0. The van der Waals surface area contributed by atoms with Crippen LogP contribution in [0.1, 0.15) is 76.3 Å². The van der Waals surface area contributed by atoms with E-state index in [2.05, 4.69) is 48.9 Å². The van der Waals surface area contributed by atoms with Gasteiger partial charge in [0.15, 0.2) is 0 Å². The highest BCUT2D eigenvalue weighted by Crippen LogP contribution is 2.43. The Bertz CT molecular complexity index is 1550. The van der Waals surface area contributed by atoms with Crippen molar-refractivity contribution in [2.75, 3.05) is 0 Å². The summed E-state index contributed by atoms with van der Waals surface area (Å²) >= 11 is 6.24. The van der Waals surface area contributed by atoms with Crippen molar-refractivity contribution >= 4 is 79.0 Å². The maximum absolute atomic E-state index is 4.79. The topological polar surface area (TPSA) is 51.6 Å². The predicted molar refractivity (Wildman–Crippen MR) is 168 cm³/mol. The monoisotopic (exact) mass is 576 g/mol. The van der Waals surface area contributed by atoms with Crippen LogP contribution in [0.3, 0.4) is 0 Å². The number of fused-ring (bicyclic) bond motifs is 5. The quantitative estimate of drug-likeness (QED) is 0.136. The van der Waals surface area contributed by atoms with Gasteiger partial charge in [-0.15, -0.1) is 22.7 Å². The van der Waals surface area contributed by atoms with Gasteiger partial charge in [0.25, 0.3) is 0 Å². The normalized spacial score (nSPS) is 11.9. The predicted octanol–water partition coefficient (Wildman–Crippen LogP) is 10.6. The summed E-state index contributed by atoms with van der Waals surface area (Å²) in [6.45, 7) is 4.53. The Labute approximate surface area is 240 Å². The van der Waals surface area contributed by atoms with Gasteiger partial charge in [-0.2, -0.15) is 17.5 Å². The minimum absolute atomic E-state index is 0.980. The molecule has 0 aliphatic heterocycles. The second-order valence-electron chi connectivity index (χ2n) is 10.1. The zero-order valence-electron chi connectivity index (χ0n) is 22.0. The number of benzene rings is 2. The first-order valence-electron chi connectivity index (χ1n) is 13.8. The SMILES string of the molecule is CCCCCCc1csc(-c2cc3c(cc(-c4cc(CCCCCC)cs4)c4nsnc43)c3nsnc23)c1. The Morgan fingerprint density at radius 3 is 1.42 bits per heavy atom. The van der Waals surface area contributed by atoms with Crippen LogP contribution in [0.5, 0.6) is 0 Å². The zero-order valence-corrected chi connectivity index (χ0v) is 25.2. The Hall–Kier alpha value is -2.26. The average molecular weight is 577 g/mol. The van der Waals surface area contributed by atoms with Gasteiger partial charge in [-0.05, 0) is 71.8 Å². The summed E-state index contributed by atoms with van der Waals surface area (Å²) in [7, 11) is 0. The molecule has 38 heavy (non-hydrogen) atoms. The van der Waals surface area contributed by atoms with Gasteiger partial charge in [0.1, 0.15) is 22.1 Å². The molecule has 0 aliphatic carbocycles. The number of thiophene rings is 2. The third-order valence-electron chi connectivity index (χ3n) is 7.34. The van der Waals surface area contributed by atoms with Crippen molar-refractivity contribution in [1.29, 1.82) is 0 Å². The molecule has 0 bridgehead atoms. The molecule has 0 aliphatic rings. The van der Waals surface area contributed by atoms with Gasteiger partial charge in [-0.3, -0.25) is 0 Å². The van der Waals surface area contributed by atoms with Crippen molar-refractivity contribution < 1.29 is 0 Å². The molecule has 4 nitrogen and oxygen atoms in total. The third-order valence-corrected chi connectivity index (χ3v) is 10.4. The fraction of sp³-hybridized carbons (Fsp3) is 0.400. The van der Waals surface area contributed by atoms with Gasteiger partial charge < -0.3 is 0 Å². The number of rotatable bonds is 12. The number of aryl methyl sites for hydroxylation is 2. The largest absolute Gasteiger partial charge is 0.172 e. The van der Waals surface area contributed by atoms with Crippen LogP contribution in [0, 0.1) is 0 Å². The number of hydrogen-bond acceptors (Lipinski definition) is 8. The third kappa shape index (κ3) is 5.16. The van der Waals surface area contributed by atoms with Crippen molar-refractivity contribution in [3.63, 3.8) is 0 Å². The van der Waals surface area contributed by atoms with Crippen LogP contribution >= 0.6 is 46.1 Å². The molecule has 196 valence electrons. The standard InChI is InChI=1S/C30H32N4S4/c1-3-5-7-9-11-19-13-25(35-17-19)23-15-21-22(27-29(23)33-37-31-27)16-24(30-28(21)32-38-34-30)26-14-20(18-36-26)12-10-8-6-4-2/h13-18H,3-12H2,1-2H3. The lowest BCUT2D eigenvalue weighted by molar-refractivity contribution is 0.667. The number of aromatic nitrogens is 4. The van der Waals surface area contributed by atoms with E-state index in [4.69, 9.17) is 17.5 Å². The van der Waals surface area contributed by atoms with Gasteiger partial charge in [-0.25, -0.2) is 0 Å². The molecule has 6 rings (SSSR count). The van der Waals surface area contributed by atoms with E-state index in [9.17, 15) is 0 Å². The summed E-state index contributed by atoms with van der Waals surface area (Å²) < 4.78 is 19.1. The average Bonchev–Trinajstić information content (AvgIpc) is 3.74. The van der Waals surface area contributed by atoms with Crippen molar-refractivity contribution in [1.82, 2.24) is 17.5 Å². The van der Waals surface area contributed by atoms with E-state index in [0.29, 0.717) is 0 Å². The minimum atomic E-state index is 0.980. The van der Waals surface area contributed by atoms with E-state index >= 15 is 0 Å². The maximum atomic E-state index is 4.79. The van der Waals surface area contributed by atoms with E-state index in [1.165, 1.54) is 107 Å². The van der Waals surface area contributed by atoms with E-state index in [1.807, 2.05) is 22.7 Å². The van der Waals surface area contributed by atoms with Gasteiger partial charge in [0.2, 0.25) is 0 Å². The lowest BCUT2D eigenvalue weighted by Crippen LogP contribution is -1.87. The molecule has 0 N–H and O–H groups in total. The molecule has 2 aromatic carbocycles. The highest BCUT2D eigenvalue weighted by Gasteiger charge is 2.20. The summed E-state index contributed by atoms with van der Waals surface area (Å²) in [6.07, 6.45) is 12.6. The fourth-order valence-electron chi connectivity index (χ4n) is 5.24. The van der Waals surface area contributed by atoms with Crippen molar-refractivity contribution in [2.45, 2.75) is 78.1 Å². The zero-order chi connectivity index (χ0) is 25.9. The van der Waals surface area contributed by atoms with Crippen LogP contribution in [0.25, 0.3) is 53.7 Å². The molecule has 0 atom stereocenters. The fourth-order valence-corrected chi connectivity index (χ4v) is 8.32. The molecular weight excluding hydrogens is 545 g/mol.